The summed E-state index contributed by atoms with van der Waals surface area (Å²) in [5.74, 6) is -0.0611. The average molecular weight is 251 g/mol. The lowest BCUT2D eigenvalue weighted by molar-refractivity contribution is -0.126. The number of nitrogens with zero attached hydrogens (tertiary/aromatic N) is 1. The number of hydrogen-bond acceptors (Lipinski definition) is 1. The van der Waals surface area contributed by atoms with Gasteiger partial charge >= 0.3 is 5.91 Å². The average Bonchev–Trinajstić information content (AvgIpc) is 2.38. The molecule has 0 aliphatic heterocycles. The molecule has 0 unspecified atom stereocenters. The van der Waals surface area contributed by atoms with Crippen LogP contribution in [0.5, 0.6) is 0 Å². The van der Waals surface area contributed by atoms with Crippen LogP contribution in [0.3, 0.4) is 0 Å². The summed E-state index contributed by atoms with van der Waals surface area (Å²) in [5, 5.41) is 0. The van der Waals surface area contributed by atoms with Crippen molar-refractivity contribution >= 4 is 23.2 Å². The third-order valence-corrected chi connectivity index (χ3v) is 2.95. The zero-order chi connectivity index (χ0) is 12.7. The summed E-state index contributed by atoms with van der Waals surface area (Å²) in [7, 11) is 0. The van der Waals surface area contributed by atoms with E-state index >= 15 is 0 Å². The lowest BCUT2D eigenvalue weighted by atomic mass is 10.2. The lowest BCUT2D eigenvalue weighted by Gasteiger charge is -2.33. The maximum Gasteiger partial charge on any atom is 0.334 e. The predicted octanol–water partition coefficient (Wildman–Crippen LogP) is 3.13. The number of carbonyl (C=O) groups is 1. The molecule has 0 radical (unpaired) electrons. The Balaban J connectivity index is 3.28. The van der Waals surface area contributed by atoms with Gasteiger partial charge in [-0.1, -0.05) is 31.4 Å². The van der Waals surface area contributed by atoms with Gasteiger partial charge in [0.05, 0.1) is 0 Å². The number of benzene rings is 1. The van der Waals surface area contributed by atoms with E-state index in [1.54, 1.807) is 12.2 Å². The van der Waals surface area contributed by atoms with Crippen LogP contribution in [0.4, 0.5) is 5.69 Å². The van der Waals surface area contributed by atoms with Gasteiger partial charge in [-0.15, -0.1) is 11.6 Å². The van der Waals surface area contributed by atoms with Crippen molar-refractivity contribution in [1.82, 2.24) is 4.48 Å². The Morgan fingerprint density at radius 3 is 2.12 bits per heavy atom. The summed E-state index contributed by atoms with van der Waals surface area (Å²) in [6.45, 7) is 8.48. The quantitative estimate of drug-likeness (QED) is 0.431. The maximum atomic E-state index is 12.2. The maximum absolute atomic E-state index is 12.2. The van der Waals surface area contributed by atoms with Crippen LogP contribution in [0.15, 0.2) is 55.6 Å². The minimum Gasteiger partial charge on any atom is -0.229 e. The molecule has 0 N–H and O–H groups in total. The van der Waals surface area contributed by atoms with Gasteiger partial charge in [0, 0.05) is 0 Å². The fourth-order valence-corrected chi connectivity index (χ4v) is 2.13. The molecular weight excluding hydrogens is 234 g/mol. The number of alkyl halides is 1. The highest BCUT2D eigenvalue weighted by molar-refractivity contribution is 6.28. The van der Waals surface area contributed by atoms with Crippen molar-refractivity contribution in [2.24, 2.45) is 0 Å². The summed E-state index contributed by atoms with van der Waals surface area (Å²) >= 11 is 5.72. The summed E-state index contributed by atoms with van der Waals surface area (Å²) in [4.78, 5) is 12.2. The molecular formula is C14H17ClNO+. The van der Waals surface area contributed by atoms with E-state index in [-0.39, 0.29) is 16.3 Å². The van der Waals surface area contributed by atoms with Gasteiger partial charge in [0.1, 0.15) is 24.7 Å². The van der Waals surface area contributed by atoms with Crippen molar-refractivity contribution in [3.05, 3.63) is 55.6 Å². The molecule has 1 aromatic carbocycles. The summed E-state index contributed by atoms with van der Waals surface area (Å²) in [5.41, 5.74) is 0.915. The first-order valence-electron chi connectivity index (χ1n) is 5.45. The molecule has 0 atom stereocenters. The van der Waals surface area contributed by atoms with Gasteiger partial charge in [-0.05, 0) is 24.3 Å². The van der Waals surface area contributed by atoms with Gasteiger partial charge in [0.2, 0.25) is 0 Å². The third-order valence-electron chi connectivity index (χ3n) is 2.72. The molecule has 2 nitrogen and oxygen atoms in total. The Kier molecular flexibility index (Phi) is 5.13. The second-order valence-corrected chi connectivity index (χ2v) is 4.04. The van der Waals surface area contributed by atoms with Crippen molar-refractivity contribution in [1.29, 1.82) is 0 Å². The fraction of sp³-hybridized carbons (Fsp3) is 0.214. The van der Waals surface area contributed by atoms with Crippen LogP contribution in [-0.4, -0.2) is 24.9 Å². The van der Waals surface area contributed by atoms with E-state index in [1.165, 1.54) is 0 Å². The minimum atomic E-state index is -0.0438. The largest absolute Gasteiger partial charge is 0.334 e. The second-order valence-electron chi connectivity index (χ2n) is 3.77. The Morgan fingerprint density at radius 1 is 1.18 bits per heavy atom. The number of para-hydroxylation sites is 1. The zero-order valence-electron chi connectivity index (χ0n) is 9.81. The Hall–Kier alpha value is -1.38. The molecule has 0 bridgehead atoms. The van der Waals surface area contributed by atoms with Crippen molar-refractivity contribution in [3.63, 3.8) is 0 Å². The van der Waals surface area contributed by atoms with E-state index < -0.39 is 0 Å². The molecule has 0 spiro atoms. The molecule has 0 saturated carbocycles. The number of rotatable bonds is 6. The van der Waals surface area contributed by atoms with Crippen LogP contribution in [0, 0.1) is 0 Å². The van der Waals surface area contributed by atoms with E-state index in [4.69, 9.17) is 11.6 Å². The molecule has 17 heavy (non-hydrogen) atoms. The van der Waals surface area contributed by atoms with Crippen molar-refractivity contribution in [2.45, 2.75) is 0 Å². The first kappa shape index (κ1) is 13.7. The molecule has 0 aliphatic rings. The van der Waals surface area contributed by atoms with Gasteiger partial charge in [-0.25, -0.2) is 9.28 Å². The van der Waals surface area contributed by atoms with Crippen LogP contribution in [-0.2, 0) is 4.79 Å². The smallest absolute Gasteiger partial charge is 0.229 e. The van der Waals surface area contributed by atoms with Crippen molar-refractivity contribution < 1.29 is 4.79 Å². The standard InChI is InChI=1S/C14H17ClNO/c1-3-10-16(11-4-2,14(17)12-15)13-8-6-5-7-9-13/h3-9H,1-2,10-12H2/q+1. The van der Waals surface area contributed by atoms with Gasteiger partial charge in [0.25, 0.3) is 0 Å². The van der Waals surface area contributed by atoms with Crippen LogP contribution >= 0.6 is 11.6 Å². The summed E-state index contributed by atoms with van der Waals surface area (Å²) in [6.07, 6.45) is 3.47. The van der Waals surface area contributed by atoms with E-state index in [1.807, 2.05) is 30.3 Å². The molecule has 0 aliphatic carbocycles. The molecule has 1 aromatic rings. The lowest BCUT2D eigenvalue weighted by Crippen LogP contribution is -2.55. The topological polar surface area (TPSA) is 17.1 Å². The highest BCUT2D eigenvalue weighted by Crippen LogP contribution is 2.24. The van der Waals surface area contributed by atoms with Gasteiger partial charge < -0.3 is 0 Å². The van der Waals surface area contributed by atoms with Gasteiger partial charge in [0.15, 0.2) is 0 Å². The molecule has 0 aromatic heterocycles. The van der Waals surface area contributed by atoms with E-state index in [0.717, 1.165) is 5.69 Å². The first-order valence-corrected chi connectivity index (χ1v) is 5.98. The second kappa shape index (κ2) is 6.38. The van der Waals surface area contributed by atoms with Gasteiger partial charge in [-0.3, -0.25) is 0 Å². The molecule has 0 saturated heterocycles. The number of amides is 1. The molecule has 3 heteroatoms. The zero-order valence-corrected chi connectivity index (χ0v) is 10.6. The third kappa shape index (κ3) is 2.84. The summed E-state index contributed by atoms with van der Waals surface area (Å²) < 4.78 is 0.150. The normalized spacial score (nSPS) is 10.9. The number of carbonyl (C=O) groups excluding carboxylic acids is 1. The monoisotopic (exact) mass is 250 g/mol. The Bertz CT molecular complexity index is 390. The van der Waals surface area contributed by atoms with Crippen LogP contribution in [0.1, 0.15) is 0 Å². The number of quaternary nitrogens is 1. The van der Waals surface area contributed by atoms with Crippen molar-refractivity contribution in [3.8, 4) is 0 Å². The van der Waals surface area contributed by atoms with E-state index in [2.05, 4.69) is 13.2 Å². The Labute approximate surface area is 107 Å². The van der Waals surface area contributed by atoms with E-state index in [9.17, 15) is 4.79 Å². The molecule has 1 amide bonds. The van der Waals surface area contributed by atoms with Gasteiger partial charge in [-0.2, -0.15) is 0 Å². The SMILES string of the molecule is C=CC[N+](CC=C)(C(=O)CCl)c1ccccc1. The number of halogens is 1. The fourth-order valence-electron chi connectivity index (χ4n) is 1.90. The van der Waals surface area contributed by atoms with E-state index in [0.29, 0.717) is 13.1 Å². The number of hydrogen-bond donors (Lipinski definition) is 0. The molecule has 0 heterocycles. The van der Waals surface area contributed by atoms with Crippen LogP contribution in [0.2, 0.25) is 0 Å². The predicted molar refractivity (Wildman–Crippen MR) is 74.1 cm³/mol. The van der Waals surface area contributed by atoms with Crippen molar-refractivity contribution in [2.75, 3.05) is 19.0 Å². The first-order chi connectivity index (χ1) is 8.21. The highest BCUT2D eigenvalue weighted by Gasteiger charge is 2.35. The molecule has 0 fully saturated rings. The van der Waals surface area contributed by atoms with Crippen LogP contribution in [0.25, 0.3) is 0 Å². The van der Waals surface area contributed by atoms with Crippen LogP contribution < -0.4 is 4.48 Å². The minimum absolute atomic E-state index is 0.0173. The molecule has 1 rings (SSSR count). The molecule has 90 valence electrons. The Morgan fingerprint density at radius 2 is 1.71 bits per heavy atom. The summed E-state index contributed by atoms with van der Waals surface area (Å²) in [6, 6.07) is 9.60. The highest BCUT2D eigenvalue weighted by atomic mass is 35.5.